The number of hydrogen-bond acceptors (Lipinski definition) is 4. The van der Waals surface area contributed by atoms with E-state index in [4.69, 9.17) is 0 Å². The van der Waals surface area contributed by atoms with E-state index in [2.05, 4.69) is 36.1 Å². The summed E-state index contributed by atoms with van der Waals surface area (Å²) in [5.41, 5.74) is 0.927. The van der Waals surface area contributed by atoms with E-state index in [9.17, 15) is 8.42 Å². The first-order valence-electron chi connectivity index (χ1n) is 5.11. The summed E-state index contributed by atoms with van der Waals surface area (Å²) < 4.78 is 22.1. The minimum atomic E-state index is -3.02. The monoisotopic (exact) mass is 245 g/mol. The van der Waals surface area contributed by atoms with Crippen LogP contribution in [0.2, 0.25) is 0 Å². The molecule has 0 bridgehead atoms. The van der Waals surface area contributed by atoms with Gasteiger partial charge in [-0.2, -0.15) is 0 Å². The lowest BCUT2D eigenvalue weighted by atomic mass is 10.1. The molecule has 5 nitrogen and oxygen atoms in total. The van der Waals surface area contributed by atoms with Crippen LogP contribution in [0.3, 0.4) is 0 Å². The largest absolute Gasteiger partial charge is 0.344 e. The molecule has 0 radical (unpaired) electrons. The molecule has 0 saturated carbocycles. The van der Waals surface area contributed by atoms with Gasteiger partial charge in [0, 0.05) is 30.2 Å². The summed E-state index contributed by atoms with van der Waals surface area (Å²) in [6.07, 6.45) is 2.86. The topological polar surface area (TPSA) is 74.8 Å². The second-order valence-corrected chi connectivity index (χ2v) is 7.17. The Balaban J connectivity index is 2.59. The molecule has 0 amide bonds. The third kappa shape index (κ3) is 5.27. The predicted molar refractivity (Wildman–Crippen MR) is 63.7 cm³/mol. The SMILES string of the molecule is CC(C)(C)NCc1cnc(CS(C)(=O)=O)[nH]1. The summed E-state index contributed by atoms with van der Waals surface area (Å²) in [6.45, 7) is 6.86. The highest BCUT2D eigenvalue weighted by Gasteiger charge is 2.11. The zero-order valence-corrected chi connectivity index (χ0v) is 11.0. The van der Waals surface area contributed by atoms with Crippen molar-refractivity contribution in [3.8, 4) is 0 Å². The van der Waals surface area contributed by atoms with E-state index in [1.165, 1.54) is 6.26 Å². The van der Waals surface area contributed by atoms with Gasteiger partial charge >= 0.3 is 0 Å². The first-order chi connectivity index (χ1) is 7.16. The molecule has 0 spiro atoms. The van der Waals surface area contributed by atoms with Crippen LogP contribution >= 0.6 is 0 Å². The zero-order chi connectivity index (χ0) is 12.4. The smallest absolute Gasteiger partial charge is 0.154 e. The standard InChI is InChI=1S/C10H19N3O2S/c1-10(2,3)12-6-8-5-11-9(13-8)7-16(4,14)15/h5,12H,6-7H2,1-4H3,(H,11,13). The van der Waals surface area contributed by atoms with Crippen molar-refractivity contribution < 1.29 is 8.42 Å². The van der Waals surface area contributed by atoms with Gasteiger partial charge in [-0.05, 0) is 20.8 Å². The van der Waals surface area contributed by atoms with Crippen molar-refractivity contribution in [2.75, 3.05) is 6.26 Å². The third-order valence-corrected chi connectivity index (χ3v) is 2.69. The normalized spacial score (nSPS) is 13.0. The van der Waals surface area contributed by atoms with E-state index in [0.717, 1.165) is 5.69 Å². The van der Waals surface area contributed by atoms with E-state index in [1.807, 2.05) is 0 Å². The first-order valence-corrected chi connectivity index (χ1v) is 7.17. The number of rotatable bonds is 4. The van der Waals surface area contributed by atoms with Crippen molar-refractivity contribution in [2.45, 2.75) is 38.6 Å². The summed E-state index contributed by atoms with van der Waals surface area (Å²) in [5, 5.41) is 3.29. The summed E-state index contributed by atoms with van der Waals surface area (Å²) in [7, 11) is -3.02. The molecule has 16 heavy (non-hydrogen) atoms. The highest BCUT2D eigenvalue weighted by Crippen LogP contribution is 2.04. The van der Waals surface area contributed by atoms with Crippen molar-refractivity contribution in [1.29, 1.82) is 0 Å². The van der Waals surface area contributed by atoms with Gasteiger partial charge in [-0.25, -0.2) is 13.4 Å². The first kappa shape index (κ1) is 13.2. The molecule has 1 aromatic heterocycles. The van der Waals surface area contributed by atoms with Gasteiger partial charge < -0.3 is 10.3 Å². The van der Waals surface area contributed by atoms with E-state index in [1.54, 1.807) is 6.20 Å². The van der Waals surface area contributed by atoms with Gasteiger partial charge in [0.15, 0.2) is 9.84 Å². The molecular formula is C10H19N3O2S. The van der Waals surface area contributed by atoms with E-state index in [0.29, 0.717) is 12.4 Å². The second-order valence-electron chi connectivity index (χ2n) is 5.03. The molecule has 0 aliphatic heterocycles. The van der Waals surface area contributed by atoms with Gasteiger partial charge in [0.25, 0.3) is 0 Å². The number of nitrogens with one attached hydrogen (secondary N) is 2. The molecular weight excluding hydrogens is 226 g/mol. The molecule has 0 unspecified atom stereocenters. The Bertz CT molecular complexity index is 443. The number of H-pyrrole nitrogens is 1. The van der Waals surface area contributed by atoms with Crippen LogP contribution in [-0.2, 0) is 22.1 Å². The fourth-order valence-corrected chi connectivity index (χ4v) is 1.82. The molecule has 2 N–H and O–H groups in total. The average Bonchev–Trinajstić information content (AvgIpc) is 2.44. The van der Waals surface area contributed by atoms with Gasteiger partial charge in [0.1, 0.15) is 11.6 Å². The van der Waals surface area contributed by atoms with Crippen molar-refractivity contribution in [2.24, 2.45) is 0 Å². The van der Waals surface area contributed by atoms with Crippen molar-refractivity contribution in [3.05, 3.63) is 17.7 Å². The minimum absolute atomic E-state index is 0.0299. The minimum Gasteiger partial charge on any atom is -0.344 e. The molecule has 0 saturated heterocycles. The Kier molecular flexibility index (Phi) is 3.75. The Morgan fingerprint density at radius 2 is 2.06 bits per heavy atom. The highest BCUT2D eigenvalue weighted by atomic mass is 32.2. The maximum absolute atomic E-state index is 11.1. The highest BCUT2D eigenvalue weighted by molar-refractivity contribution is 7.89. The molecule has 0 fully saturated rings. The van der Waals surface area contributed by atoms with Gasteiger partial charge in [-0.15, -0.1) is 0 Å². The van der Waals surface area contributed by atoms with Gasteiger partial charge in [-0.1, -0.05) is 0 Å². The Morgan fingerprint density at radius 3 is 2.56 bits per heavy atom. The van der Waals surface area contributed by atoms with E-state index in [-0.39, 0.29) is 11.3 Å². The Labute approximate surface area is 96.6 Å². The summed E-state index contributed by atoms with van der Waals surface area (Å²) in [5.74, 6) is 0.455. The van der Waals surface area contributed by atoms with Crippen LogP contribution in [0.5, 0.6) is 0 Å². The number of hydrogen-bond donors (Lipinski definition) is 2. The van der Waals surface area contributed by atoms with Crippen LogP contribution in [-0.4, -0.2) is 30.2 Å². The molecule has 1 heterocycles. The lowest BCUT2D eigenvalue weighted by Gasteiger charge is -2.19. The lowest BCUT2D eigenvalue weighted by molar-refractivity contribution is 0.421. The van der Waals surface area contributed by atoms with Crippen LogP contribution in [0.25, 0.3) is 0 Å². The molecule has 1 rings (SSSR count). The molecule has 0 aliphatic carbocycles. The van der Waals surface area contributed by atoms with E-state index >= 15 is 0 Å². The van der Waals surface area contributed by atoms with Crippen LogP contribution < -0.4 is 5.32 Å². The zero-order valence-electron chi connectivity index (χ0n) is 10.2. The van der Waals surface area contributed by atoms with Crippen LogP contribution in [0, 0.1) is 0 Å². The number of sulfone groups is 1. The summed E-state index contributed by atoms with van der Waals surface area (Å²) in [4.78, 5) is 7.02. The van der Waals surface area contributed by atoms with Crippen molar-refractivity contribution >= 4 is 9.84 Å². The summed E-state index contributed by atoms with van der Waals surface area (Å²) >= 11 is 0. The molecule has 0 aliphatic rings. The number of imidazole rings is 1. The predicted octanol–water partition coefficient (Wildman–Crippen LogP) is 0.842. The fourth-order valence-electron chi connectivity index (χ4n) is 1.18. The number of aromatic amines is 1. The fraction of sp³-hybridized carbons (Fsp3) is 0.700. The Morgan fingerprint density at radius 1 is 1.44 bits per heavy atom. The van der Waals surface area contributed by atoms with E-state index < -0.39 is 9.84 Å². The third-order valence-electron chi connectivity index (χ3n) is 1.89. The molecule has 0 atom stereocenters. The van der Waals surface area contributed by atoms with Gasteiger partial charge in [0.2, 0.25) is 0 Å². The van der Waals surface area contributed by atoms with Crippen molar-refractivity contribution in [3.63, 3.8) is 0 Å². The lowest BCUT2D eigenvalue weighted by Crippen LogP contribution is -2.35. The second kappa shape index (κ2) is 4.55. The number of nitrogens with zero attached hydrogens (tertiary/aromatic N) is 1. The average molecular weight is 245 g/mol. The quantitative estimate of drug-likeness (QED) is 0.824. The molecule has 0 aromatic carbocycles. The van der Waals surface area contributed by atoms with Crippen LogP contribution in [0.15, 0.2) is 6.20 Å². The molecule has 1 aromatic rings. The maximum Gasteiger partial charge on any atom is 0.154 e. The van der Waals surface area contributed by atoms with Gasteiger partial charge in [-0.3, -0.25) is 0 Å². The van der Waals surface area contributed by atoms with Crippen LogP contribution in [0.4, 0.5) is 0 Å². The number of aromatic nitrogens is 2. The molecule has 92 valence electrons. The molecule has 6 heteroatoms. The van der Waals surface area contributed by atoms with Gasteiger partial charge in [0.05, 0.1) is 0 Å². The van der Waals surface area contributed by atoms with Crippen LogP contribution in [0.1, 0.15) is 32.3 Å². The summed E-state index contributed by atoms with van der Waals surface area (Å²) in [6, 6.07) is 0. The van der Waals surface area contributed by atoms with Crippen molar-refractivity contribution in [1.82, 2.24) is 15.3 Å². The Hall–Kier alpha value is -0.880. The maximum atomic E-state index is 11.1.